The minimum atomic E-state index is -4.21. The molecule has 1 unspecified atom stereocenters. The highest BCUT2D eigenvalue weighted by Gasteiger charge is 2.23. The molecule has 0 radical (unpaired) electrons. The lowest BCUT2D eigenvalue weighted by atomic mass is 10.1. The van der Waals surface area contributed by atoms with Crippen LogP contribution in [0.15, 0.2) is 18.2 Å². The van der Waals surface area contributed by atoms with Crippen LogP contribution in [0.5, 0.6) is 5.75 Å². The summed E-state index contributed by atoms with van der Waals surface area (Å²) in [6, 6.07) is 4.37. The lowest BCUT2D eigenvalue weighted by molar-refractivity contribution is 0.0693. The first-order valence-corrected chi connectivity index (χ1v) is 8.93. The van der Waals surface area contributed by atoms with Gasteiger partial charge in [-0.05, 0) is 18.2 Å². The Morgan fingerprint density at radius 2 is 1.83 bits per heavy atom. The van der Waals surface area contributed by atoms with Gasteiger partial charge in [0.15, 0.2) is 0 Å². The van der Waals surface area contributed by atoms with E-state index in [0.29, 0.717) is 31.9 Å². The van der Waals surface area contributed by atoms with E-state index in [9.17, 15) is 23.4 Å². The van der Waals surface area contributed by atoms with Crippen molar-refractivity contribution in [3.8, 4) is 5.75 Å². The number of aromatic carboxylic acids is 1. The first-order chi connectivity index (χ1) is 11.2. The van der Waals surface area contributed by atoms with Crippen molar-refractivity contribution in [2.24, 2.45) is 0 Å². The van der Waals surface area contributed by atoms with Crippen LogP contribution in [0.3, 0.4) is 0 Å². The van der Waals surface area contributed by atoms with E-state index in [4.69, 9.17) is 9.66 Å². The van der Waals surface area contributed by atoms with Gasteiger partial charge in [0.25, 0.3) is 10.1 Å². The van der Waals surface area contributed by atoms with E-state index in [1.807, 2.05) is 9.80 Å². The number of hydrogen-bond acceptors (Lipinski definition) is 7. The van der Waals surface area contributed by atoms with E-state index in [1.165, 1.54) is 12.1 Å². The van der Waals surface area contributed by atoms with Gasteiger partial charge in [-0.25, -0.2) is 4.79 Å². The van der Waals surface area contributed by atoms with Gasteiger partial charge in [-0.3, -0.25) is 9.45 Å². The van der Waals surface area contributed by atoms with Crippen LogP contribution in [-0.4, -0.2) is 83.7 Å². The number of aromatic hydroxyl groups is 1. The lowest BCUT2D eigenvalue weighted by Crippen LogP contribution is -2.49. The second-order valence-corrected chi connectivity index (χ2v) is 7.19. The molecule has 1 aromatic rings. The average molecular weight is 360 g/mol. The number of rotatable bonds is 6. The van der Waals surface area contributed by atoms with E-state index in [0.717, 1.165) is 0 Å². The maximum absolute atomic E-state index is 11.1. The molecule has 0 saturated carbocycles. The fourth-order valence-electron chi connectivity index (χ4n) is 2.67. The zero-order chi connectivity index (χ0) is 17.9. The van der Waals surface area contributed by atoms with Crippen LogP contribution in [-0.2, 0) is 10.1 Å². The largest absolute Gasteiger partial charge is 0.507 e. The molecule has 134 valence electrons. The standard InChI is InChI=1S/C14H20N2O7S/c17-11(9-24(21,22)23)8-15-3-5-16(6-4-15)10-1-2-13(18)12(7-10)14(19)20/h1-2,7,11,17-18H,3-6,8-9H2,(H,19,20)(H,21,22,23). The van der Waals surface area contributed by atoms with Crippen molar-refractivity contribution in [3.63, 3.8) is 0 Å². The molecule has 24 heavy (non-hydrogen) atoms. The molecular weight excluding hydrogens is 340 g/mol. The quantitative estimate of drug-likeness (QED) is 0.493. The highest BCUT2D eigenvalue weighted by atomic mass is 32.2. The average Bonchev–Trinajstić information content (AvgIpc) is 2.46. The number of benzene rings is 1. The molecule has 0 bridgehead atoms. The van der Waals surface area contributed by atoms with Crippen LogP contribution in [0, 0.1) is 0 Å². The van der Waals surface area contributed by atoms with E-state index in [-0.39, 0.29) is 17.9 Å². The Labute approximate surface area is 139 Å². The summed E-state index contributed by atoms with van der Waals surface area (Å²) in [5.74, 6) is -2.20. The summed E-state index contributed by atoms with van der Waals surface area (Å²) in [6.07, 6.45) is -1.17. The van der Waals surface area contributed by atoms with Crippen molar-refractivity contribution >= 4 is 21.8 Å². The molecule has 1 heterocycles. The Hall–Kier alpha value is -1.88. The van der Waals surface area contributed by atoms with Crippen molar-refractivity contribution in [2.75, 3.05) is 43.4 Å². The summed E-state index contributed by atoms with van der Waals surface area (Å²) in [4.78, 5) is 14.9. The first-order valence-electron chi connectivity index (χ1n) is 7.32. The molecule has 2 rings (SSSR count). The van der Waals surface area contributed by atoms with Gasteiger partial charge in [0.05, 0.1) is 6.10 Å². The topological polar surface area (TPSA) is 139 Å². The van der Waals surface area contributed by atoms with Gasteiger partial charge >= 0.3 is 5.97 Å². The van der Waals surface area contributed by atoms with Crippen molar-refractivity contribution in [1.82, 2.24) is 4.90 Å². The summed E-state index contributed by atoms with van der Waals surface area (Å²) in [6.45, 7) is 2.34. The third-order valence-electron chi connectivity index (χ3n) is 3.82. The molecule has 1 atom stereocenters. The number of aliphatic hydroxyl groups excluding tert-OH is 1. The fraction of sp³-hybridized carbons (Fsp3) is 0.500. The molecule has 0 spiro atoms. The summed E-state index contributed by atoms with van der Waals surface area (Å²) >= 11 is 0. The van der Waals surface area contributed by atoms with Crippen LogP contribution in [0.4, 0.5) is 5.69 Å². The summed E-state index contributed by atoms with van der Waals surface area (Å²) < 4.78 is 30.2. The summed E-state index contributed by atoms with van der Waals surface area (Å²) in [5.41, 5.74) is 0.502. The lowest BCUT2D eigenvalue weighted by Gasteiger charge is -2.36. The molecule has 0 aromatic heterocycles. The Morgan fingerprint density at radius 3 is 2.38 bits per heavy atom. The molecule has 1 saturated heterocycles. The number of hydrogen-bond donors (Lipinski definition) is 4. The van der Waals surface area contributed by atoms with Crippen LogP contribution in [0.2, 0.25) is 0 Å². The van der Waals surface area contributed by atoms with Gasteiger partial charge in [-0.15, -0.1) is 0 Å². The van der Waals surface area contributed by atoms with Gasteiger partial charge in [0, 0.05) is 38.4 Å². The predicted molar refractivity (Wildman–Crippen MR) is 86.1 cm³/mol. The van der Waals surface area contributed by atoms with E-state index in [2.05, 4.69) is 0 Å². The normalized spacial score (nSPS) is 17.7. The Morgan fingerprint density at radius 1 is 1.21 bits per heavy atom. The molecule has 4 N–H and O–H groups in total. The third kappa shape index (κ3) is 5.06. The number of carbonyl (C=O) groups is 1. The van der Waals surface area contributed by atoms with Crippen molar-refractivity contribution < 1.29 is 33.1 Å². The van der Waals surface area contributed by atoms with E-state index >= 15 is 0 Å². The van der Waals surface area contributed by atoms with Crippen molar-refractivity contribution in [2.45, 2.75) is 6.10 Å². The SMILES string of the molecule is O=C(O)c1cc(N2CCN(CC(O)CS(=O)(=O)O)CC2)ccc1O. The molecule has 1 aliphatic heterocycles. The zero-order valence-corrected chi connectivity index (χ0v) is 13.7. The Bertz CT molecular complexity index is 699. The van der Waals surface area contributed by atoms with Gasteiger partial charge < -0.3 is 20.2 Å². The Balaban J connectivity index is 1.93. The molecule has 1 fully saturated rings. The van der Waals surface area contributed by atoms with Gasteiger partial charge in [-0.2, -0.15) is 8.42 Å². The molecule has 10 heteroatoms. The van der Waals surface area contributed by atoms with Gasteiger partial charge in [0.2, 0.25) is 0 Å². The van der Waals surface area contributed by atoms with E-state index in [1.54, 1.807) is 6.07 Å². The summed E-state index contributed by atoms with van der Waals surface area (Å²) in [5, 5.41) is 28.2. The number of β-amino-alcohol motifs (C(OH)–C–C–N with tert-alkyl or cyclic N) is 1. The second kappa shape index (κ2) is 7.34. The van der Waals surface area contributed by atoms with Crippen molar-refractivity contribution in [1.29, 1.82) is 0 Å². The molecule has 0 aliphatic carbocycles. The monoisotopic (exact) mass is 360 g/mol. The maximum atomic E-state index is 11.1. The number of piperazine rings is 1. The third-order valence-corrected chi connectivity index (χ3v) is 4.63. The molecule has 0 amide bonds. The van der Waals surface area contributed by atoms with Gasteiger partial charge in [-0.1, -0.05) is 0 Å². The number of carboxylic acid groups (broad SMARTS) is 1. The van der Waals surface area contributed by atoms with Crippen LogP contribution >= 0.6 is 0 Å². The number of nitrogens with zero attached hydrogens (tertiary/aromatic N) is 2. The maximum Gasteiger partial charge on any atom is 0.339 e. The zero-order valence-electron chi connectivity index (χ0n) is 12.9. The predicted octanol–water partition coefficient (Wildman–Crippen LogP) is -0.539. The fourth-order valence-corrected chi connectivity index (χ4v) is 3.27. The van der Waals surface area contributed by atoms with E-state index < -0.39 is 27.9 Å². The molecule has 1 aliphatic rings. The second-order valence-electron chi connectivity index (χ2n) is 5.70. The summed E-state index contributed by atoms with van der Waals surface area (Å²) in [7, 11) is -4.21. The number of phenols is 1. The minimum absolute atomic E-state index is 0.129. The Kier molecular flexibility index (Phi) is 5.65. The highest BCUT2D eigenvalue weighted by molar-refractivity contribution is 7.85. The van der Waals surface area contributed by atoms with Crippen LogP contribution < -0.4 is 4.90 Å². The first kappa shape index (κ1) is 18.5. The van der Waals surface area contributed by atoms with Crippen LogP contribution in [0.25, 0.3) is 0 Å². The van der Waals surface area contributed by atoms with Gasteiger partial charge in [0.1, 0.15) is 17.1 Å². The molecular formula is C14H20N2O7S. The minimum Gasteiger partial charge on any atom is -0.507 e. The number of anilines is 1. The molecule has 1 aromatic carbocycles. The number of aliphatic hydroxyl groups is 1. The highest BCUT2D eigenvalue weighted by Crippen LogP contribution is 2.25. The van der Waals surface area contributed by atoms with Crippen LogP contribution in [0.1, 0.15) is 10.4 Å². The smallest absolute Gasteiger partial charge is 0.339 e. The number of carboxylic acids is 1. The van der Waals surface area contributed by atoms with Crippen molar-refractivity contribution in [3.05, 3.63) is 23.8 Å². The molecule has 9 nitrogen and oxygen atoms in total.